The number of aliphatic hydroxyl groups is 1. The molecule has 1 aliphatic carbocycles. The first-order valence-electron chi connectivity index (χ1n) is 11.1. The minimum atomic E-state index is -0.0140. The zero-order chi connectivity index (χ0) is 21.8. The normalized spacial score (nSPS) is 20.8. The molecule has 0 bridgehead atoms. The van der Waals surface area contributed by atoms with Crippen molar-refractivity contribution in [3.8, 4) is 0 Å². The summed E-state index contributed by atoms with van der Waals surface area (Å²) in [6, 6.07) is 24.5. The summed E-state index contributed by atoms with van der Waals surface area (Å²) in [5.74, 6) is 0.223. The Hall–Kier alpha value is -3.20. The van der Waals surface area contributed by atoms with Crippen LogP contribution in [0.15, 0.2) is 89.1 Å². The molecule has 0 spiro atoms. The Morgan fingerprint density at radius 3 is 2.48 bits per heavy atom. The van der Waals surface area contributed by atoms with Crippen LogP contribution < -0.4 is 0 Å². The largest absolute Gasteiger partial charge is 0.511 e. The SMILES string of the molecule is CCC(C)N=C1CC(c2ccccc2)CC(=O)C1=C(O)Cc1cccc2ccccc12. The quantitative estimate of drug-likeness (QED) is 0.381. The molecule has 3 aromatic rings. The Morgan fingerprint density at radius 1 is 1.00 bits per heavy atom. The molecule has 0 radical (unpaired) electrons. The Morgan fingerprint density at radius 2 is 1.71 bits per heavy atom. The topological polar surface area (TPSA) is 49.7 Å². The molecule has 0 heterocycles. The highest BCUT2D eigenvalue weighted by atomic mass is 16.3. The molecule has 0 saturated heterocycles. The van der Waals surface area contributed by atoms with Crippen LogP contribution >= 0.6 is 0 Å². The van der Waals surface area contributed by atoms with Crippen molar-refractivity contribution < 1.29 is 9.90 Å². The van der Waals surface area contributed by atoms with Gasteiger partial charge in [-0.1, -0.05) is 79.7 Å². The molecule has 0 aliphatic heterocycles. The number of Topliss-reactive ketones (excluding diaryl/α,β-unsaturated/α-hetero) is 1. The molecule has 3 aromatic carbocycles. The van der Waals surface area contributed by atoms with Crippen molar-refractivity contribution in [2.75, 3.05) is 0 Å². The summed E-state index contributed by atoms with van der Waals surface area (Å²) >= 11 is 0. The van der Waals surface area contributed by atoms with Crippen LogP contribution in [0.1, 0.15) is 50.2 Å². The van der Waals surface area contributed by atoms with E-state index in [0.29, 0.717) is 24.8 Å². The van der Waals surface area contributed by atoms with Crippen molar-refractivity contribution in [2.24, 2.45) is 4.99 Å². The van der Waals surface area contributed by atoms with E-state index in [0.717, 1.165) is 34.0 Å². The molecule has 31 heavy (non-hydrogen) atoms. The number of nitrogens with zero attached hydrogens (tertiary/aromatic N) is 1. The molecule has 0 aromatic heterocycles. The van der Waals surface area contributed by atoms with E-state index >= 15 is 0 Å². The molecule has 158 valence electrons. The molecule has 2 unspecified atom stereocenters. The Bertz CT molecular complexity index is 1140. The van der Waals surface area contributed by atoms with E-state index in [9.17, 15) is 9.90 Å². The lowest BCUT2D eigenvalue weighted by Gasteiger charge is -2.27. The van der Waals surface area contributed by atoms with E-state index in [4.69, 9.17) is 4.99 Å². The van der Waals surface area contributed by atoms with Gasteiger partial charge in [-0.3, -0.25) is 9.79 Å². The van der Waals surface area contributed by atoms with E-state index in [2.05, 4.69) is 44.2 Å². The van der Waals surface area contributed by atoms with E-state index in [1.807, 2.05) is 42.5 Å². The lowest BCUT2D eigenvalue weighted by molar-refractivity contribution is -0.115. The molecule has 1 fully saturated rings. The van der Waals surface area contributed by atoms with Gasteiger partial charge in [0.15, 0.2) is 5.78 Å². The summed E-state index contributed by atoms with van der Waals surface area (Å²) in [4.78, 5) is 18.1. The molecule has 1 aliphatic rings. The highest BCUT2D eigenvalue weighted by Gasteiger charge is 2.32. The maximum atomic E-state index is 13.3. The molecule has 0 amide bonds. The summed E-state index contributed by atoms with van der Waals surface area (Å²) in [6.45, 7) is 4.15. The smallest absolute Gasteiger partial charge is 0.168 e. The van der Waals surface area contributed by atoms with Gasteiger partial charge in [0.25, 0.3) is 0 Å². The first kappa shape index (κ1) is 21.0. The van der Waals surface area contributed by atoms with Crippen molar-refractivity contribution in [2.45, 2.75) is 51.5 Å². The van der Waals surface area contributed by atoms with Crippen LogP contribution in [0.5, 0.6) is 0 Å². The second-order valence-corrected chi connectivity index (χ2v) is 8.41. The standard InChI is InChI=1S/C28H29NO2/c1-3-19(2)29-25-16-23(20-10-5-4-6-11-20)18-27(31)28(25)26(30)17-22-14-9-13-21-12-7-8-15-24(21)22/h4-15,19,23,30H,3,16-18H2,1-2H3. The number of benzene rings is 3. The Labute approximate surface area is 184 Å². The number of hydrogen-bond donors (Lipinski definition) is 1. The third kappa shape index (κ3) is 4.61. The van der Waals surface area contributed by atoms with Gasteiger partial charge in [-0.05, 0) is 47.6 Å². The first-order chi connectivity index (χ1) is 15.1. The van der Waals surface area contributed by atoms with Gasteiger partial charge in [0, 0.05) is 24.6 Å². The molecular formula is C28H29NO2. The Kier molecular flexibility index (Phi) is 6.31. The van der Waals surface area contributed by atoms with Crippen molar-refractivity contribution in [3.05, 3.63) is 95.3 Å². The molecule has 3 heteroatoms. The average molecular weight is 412 g/mol. The fraction of sp³-hybridized carbons (Fsp3) is 0.286. The number of hydrogen-bond acceptors (Lipinski definition) is 3. The van der Waals surface area contributed by atoms with Crippen LogP contribution in [0.4, 0.5) is 0 Å². The lowest BCUT2D eigenvalue weighted by atomic mass is 9.78. The fourth-order valence-electron chi connectivity index (χ4n) is 4.37. The third-order valence-corrected chi connectivity index (χ3v) is 6.20. The van der Waals surface area contributed by atoms with Crippen LogP contribution in [0.2, 0.25) is 0 Å². The van der Waals surface area contributed by atoms with E-state index in [1.165, 1.54) is 0 Å². The molecular weight excluding hydrogens is 382 g/mol. The first-order valence-corrected chi connectivity index (χ1v) is 11.1. The third-order valence-electron chi connectivity index (χ3n) is 6.20. The minimum Gasteiger partial charge on any atom is -0.511 e. The summed E-state index contributed by atoms with van der Waals surface area (Å²) in [5.41, 5.74) is 3.35. The number of carbonyl (C=O) groups is 1. The maximum absolute atomic E-state index is 13.3. The molecule has 4 rings (SSSR count). The van der Waals surface area contributed by atoms with Gasteiger partial charge >= 0.3 is 0 Å². The molecule has 3 nitrogen and oxygen atoms in total. The van der Waals surface area contributed by atoms with Crippen LogP contribution in [-0.4, -0.2) is 22.6 Å². The summed E-state index contributed by atoms with van der Waals surface area (Å²) in [5, 5.41) is 13.4. The van der Waals surface area contributed by atoms with E-state index in [1.54, 1.807) is 0 Å². The van der Waals surface area contributed by atoms with Gasteiger partial charge in [0.1, 0.15) is 5.76 Å². The number of allylic oxidation sites excluding steroid dienone is 2. The van der Waals surface area contributed by atoms with Gasteiger partial charge < -0.3 is 5.11 Å². The minimum absolute atomic E-state index is 0.0140. The van der Waals surface area contributed by atoms with Crippen LogP contribution in [0.25, 0.3) is 10.8 Å². The van der Waals surface area contributed by atoms with Crippen molar-refractivity contribution in [1.82, 2.24) is 0 Å². The fourth-order valence-corrected chi connectivity index (χ4v) is 4.37. The van der Waals surface area contributed by atoms with Crippen molar-refractivity contribution in [1.29, 1.82) is 0 Å². The number of fused-ring (bicyclic) bond motifs is 1. The van der Waals surface area contributed by atoms with Gasteiger partial charge in [-0.15, -0.1) is 0 Å². The molecule has 1 saturated carbocycles. The van der Waals surface area contributed by atoms with Crippen LogP contribution in [0.3, 0.4) is 0 Å². The Balaban J connectivity index is 1.72. The van der Waals surface area contributed by atoms with E-state index < -0.39 is 0 Å². The zero-order valence-corrected chi connectivity index (χ0v) is 18.2. The van der Waals surface area contributed by atoms with Gasteiger partial charge in [0.05, 0.1) is 5.57 Å². The van der Waals surface area contributed by atoms with Crippen LogP contribution in [-0.2, 0) is 11.2 Å². The highest BCUT2D eigenvalue weighted by molar-refractivity contribution is 6.25. The predicted molar refractivity (Wildman–Crippen MR) is 128 cm³/mol. The maximum Gasteiger partial charge on any atom is 0.168 e. The van der Waals surface area contributed by atoms with Crippen LogP contribution in [0, 0.1) is 0 Å². The number of aliphatic hydroxyl groups excluding tert-OH is 1. The lowest BCUT2D eigenvalue weighted by Crippen LogP contribution is -2.28. The second kappa shape index (κ2) is 9.30. The van der Waals surface area contributed by atoms with Gasteiger partial charge in [-0.2, -0.15) is 0 Å². The number of rotatable bonds is 5. The van der Waals surface area contributed by atoms with E-state index in [-0.39, 0.29) is 23.5 Å². The summed E-state index contributed by atoms with van der Waals surface area (Å²) in [6.07, 6.45) is 2.30. The second-order valence-electron chi connectivity index (χ2n) is 8.41. The number of carbonyl (C=O) groups excluding carboxylic acids is 1. The average Bonchev–Trinajstić information content (AvgIpc) is 2.79. The number of ketones is 1. The monoisotopic (exact) mass is 411 g/mol. The van der Waals surface area contributed by atoms with Gasteiger partial charge in [-0.25, -0.2) is 0 Å². The van der Waals surface area contributed by atoms with Crippen molar-refractivity contribution >= 4 is 22.3 Å². The predicted octanol–water partition coefficient (Wildman–Crippen LogP) is 6.58. The van der Waals surface area contributed by atoms with Gasteiger partial charge in [0.2, 0.25) is 0 Å². The molecule has 2 atom stereocenters. The molecule has 1 N–H and O–H groups in total. The summed E-state index contributed by atoms with van der Waals surface area (Å²) in [7, 11) is 0. The summed E-state index contributed by atoms with van der Waals surface area (Å²) < 4.78 is 0. The highest BCUT2D eigenvalue weighted by Crippen LogP contribution is 2.34. The van der Waals surface area contributed by atoms with Crippen molar-refractivity contribution in [3.63, 3.8) is 0 Å². The zero-order valence-electron chi connectivity index (χ0n) is 18.2. The number of aliphatic imine (C=N–C) groups is 1.